The molecule has 1 unspecified atom stereocenters. The zero-order valence-electron chi connectivity index (χ0n) is 6.77. The van der Waals surface area contributed by atoms with Crippen molar-refractivity contribution in [2.24, 2.45) is 0 Å². The third kappa shape index (κ3) is 3.31. The maximum Gasteiger partial charge on any atom is 0.0753 e. The van der Waals surface area contributed by atoms with E-state index in [9.17, 15) is 0 Å². The minimum absolute atomic E-state index is 0.292. The van der Waals surface area contributed by atoms with Gasteiger partial charge in [-0.05, 0) is 33.3 Å². The molecular weight excluding hydrogens is 112 g/mol. The van der Waals surface area contributed by atoms with Crippen molar-refractivity contribution >= 4 is 0 Å². The smallest absolute Gasteiger partial charge is 0.0753 e. The van der Waals surface area contributed by atoms with Gasteiger partial charge in [0.2, 0.25) is 0 Å². The van der Waals surface area contributed by atoms with Crippen molar-refractivity contribution in [3.8, 4) is 0 Å². The van der Waals surface area contributed by atoms with Crippen molar-refractivity contribution in [2.45, 2.75) is 33.8 Å². The quantitative estimate of drug-likeness (QED) is 0.530. The minimum Gasteiger partial charge on any atom is -0.374 e. The molecule has 9 heavy (non-hydrogen) atoms. The standard InChI is InChI=1S/C8H16O/c1-5-7(3)8(4)9-6-2/h5,8H,6H2,1-4H3. The van der Waals surface area contributed by atoms with E-state index in [0.29, 0.717) is 6.10 Å². The van der Waals surface area contributed by atoms with Gasteiger partial charge in [-0.3, -0.25) is 0 Å². The molecule has 0 aliphatic rings. The Morgan fingerprint density at radius 1 is 1.67 bits per heavy atom. The average molecular weight is 128 g/mol. The van der Waals surface area contributed by atoms with Crippen molar-refractivity contribution in [3.05, 3.63) is 11.6 Å². The van der Waals surface area contributed by atoms with Crippen molar-refractivity contribution in [1.29, 1.82) is 0 Å². The first-order chi connectivity index (χ1) is 4.22. The lowest BCUT2D eigenvalue weighted by Crippen LogP contribution is -2.08. The highest BCUT2D eigenvalue weighted by Crippen LogP contribution is 2.03. The summed E-state index contributed by atoms with van der Waals surface area (Å²) < 4.78 is 5.33. The lowest BCUT2D eigenvalue weighted by molar-refractivity contribution is 0.101. The highest BCUT2D eigenvalue weighted by Gasteiger charge is 1.99. The second-order valence-electron chi connectivity index (χ2n) is 2.13. The zero-order valence-corrected chi connectivity index (χ0v) is 6.77. The van der Waals surface area contributed by atoms with Crippen LogP contribution in [0.4, 0.5) is 0 Å². The number of hydrogen-bond donors (Lipinski definition) is 0. The first-order valence-electron chi connectivity index (χ1n) is 3.46. The Hall–Kier alpha value is -0.300. The number of rotatable bonds is 3. The SMILES string of the molecule is CC=C(C)C(C)OCC. The Morgan fingerprint density at radius 3 is 2.56 bits per heavy atom. The normalized spacial score (nSPS) is 15.8. The molecular formula is C8H16O. The van der Waals surface area contributed by atoms with Crippen LogP contribution in [0.15, 0.2) is 11.6 Å². The van der Waals surface area contributed by atoms with E-state index >= 15 is 0 Å². The van der Waals surface area contributed by atoms with Gasteiger partial charge in [-0.1, -0.05) is 6.08 Å². The molecule has 0 aliphatic heterocycles. The van der Waals surface area contributed by atoms with Crippen LogP contribution in [0.5, 0.6) is 0 Å². The summed E-state index contributed by atoms with van der Waals surface area (Å²) >= 11 is 0. The summed E-state index contributed by atoms with van der Waals surface area (Å²) in [5.41, 5.74) is 1.30. The molecule has 1 heteroatoms. The predicted octanol–water partition coefficient (Wildman–Crippen LogP) is 2.38. The van der Waals surface area contributed by atoms with Crippen LogP contribution in [-0.2, 0) is 4.74 Å². The molecule has 0 heterocycles. The third-order valence-corrected chi connectivity index (χ3v) is 1.51. The third-order valence-electron chi connectivity index (χ3n) is 1.51. The van der Waals surface area contributed by atoms with Crippen LogP contribution in [-0.4, -0.2) is 12.7 Å². The molecule has 0 amide bonds. The van der Waals surface area contributed by atoms with Crippen LogP contribution in [0.2, 0.25) is 0 Å². The topological polar surface area (TPSA) is 9.23 Å². The molecule has 0 aliphatic carbocycles. The number of ether oxygens (including phenoxy) is 1. The van der Waals surface area contributed by atoms with Gasteiger partial charge >= 0.3 is 0 Å². The lowest BCUT2D eigenvalue weighted by Gasteiger charge is -2.10. The predicted molar refractivity (Wildman–Crippen MR) is 40.5 cm³/mol. The van der Waals surface area contributed by atoms with E-state index in [1.54, 1.807) is 0 Å². The van der Waals surface area contributed by atoms with E-state index in [4.69, 9.17) is 4.74 Å². The summed E-state index contributed by atoms with van der Waals surface area (Å²) in [6.45, 7) is 9.00. The summed E-state index contributed by atoms with van der Waals surface area (Å²) in [6, 6.07) is 0. The van der Waals surface area contributed by atoms with Gasteiger partial charge in [0, 0.05) is 6.61 Å². The van der Waals surface area contributed by atoms with E-state index in [2.05, 4.69) is 19.9 Å². The molecule has 0 spiro atoms. The molecule has 0 radical (unpaired) electrons. The molecule has 0 aromatic heterocycles. The van der Waals surface area contributed by atoms with Crippen LogP contribution in [0, 0.1) is 0 Å². The largest absolute Gasteiger partial charge is 0.374 e. The van der Waals surface area contributed by atoms with Gasteiger partial charge in [0.05, 0.1) is 6.10 Å². The van der Waals surface area contributed by atoms with Gasteiger partial charge in [-0.15, -0.1) is 0 Å². The van der Waals surface area contributed by atoms with Crippen LogP contribution >= 0.6 is 0 Å². The fraction of sp³-hybridized carbons (Fsp3) is 0.750. The molecule has 0 fully saturated rings. The van der Waals surface area contributed by atoms with E-state index < -0.39 is 0 Å². The number of allylic oxidation sites excluding steroid dienone is 1. The van der Waals surface area contributed by atoms with Gasteiger partial charge < -0.3 is 4.74 Å². The molecule has 1 nitrogen and oxygen atoms in total. The van der Waals surface area contributed by atoms with Crippen LogP contribution in [0.25, 0.3) is 0 Å². The summed E-state index contributed by atoms with van der Waals surface area (Å²) in [6.07, 6.45) is 2.38. The van der Waals surface area contributed by atoms with Crippen LogP contribution in [0.1, 0.15) is 27.7 Å². The molecule has 1 atom stereocenters. The molecule has 0 aromatic rings. The Bertz CT molecular complexity index is 94.7. The Kier molecular flexibility index (Phi) is 4.41. The average Bonchev–Trinajstić information content (AvgIpc) is 1.87. The van der Waals surface area contributed by atoms with Gasteiger partial charge in [0.25, 0.3) is 0 Å². The van der Waals surface area contributed by atoms with Gasteiger partial charge in [-0.25, -0.2) is 0 Å². The highest BCUT2D eigenvalue weighted by atomic mass is 16.5. The second kappa shape index (κ2) is 4.57. The van der Waals surface area contributed by atoms with Gasteiger partial charge in [-0.2, -0.15) is 0 Å². The molecule has 0 N–H and O–H groups in total. The zero-order chi connectivity index (χ0) is 7.28. The summed E-state index contributed by atoms with van der Waals surface area (Å²) in [7, 11) is 0. The van der Waals surface area contributed by atoms with Crippen molar-refractivity contribution < 1.29 is 4.74 Å². The summed E-state index contributed by atoms with van der Waals surface area (Å²) in [4.78, 5) is 0. The highest BCUT2D eigenvalue weighted by molar-refractivity contribution is 5.01. The van der Waals surface area contributed by atoms with E-state index in [1.165, 1.54) is 5.57 Å². The summed E-state index contributed by atoms with van der Waals surface area (Å²) in [5, 5.41) is 0. The van der Waals surface area contributed by atoms with Crippen LogP contribution in [0.3, 0.4) is 0 Å². The molecule has 0 saturated heterocycles. The molecule has 54 valence electrons. The fourth-order valence-corrected chi connectivity index (χ4v) is 0.616. The molecule has 0 bridgehead atoms. The molecule has 0 saturated carbocycles. The Labute approximate surface area is 57.7 Å². The maximum absolute atomic E-state index is 5.33. The number of hydrogen-bond acceptors (Lipinski definition) is 1. The minimum atomic E-state index is 0.292. The summed E-state index contributed by atoms with van der Waals surface area (Å²) in [5.74, 6) is 0. The van der Waals surface area contributed by atoms with E-state index in [0.717, 1.165) is 6.61 Å². The first-order valence-corrected chi connectivity index (χ1v) is 3.46. The van der Waals surface area contributed by atoms with Gasteiger partial charge in [0.1, 0.15) is 0 Å². The van der Waals surface area contributed by atoms with Crippen molar-refractivity contribution in [2.75, 3.05) is 6.61 Å². The first kappa shape index (κ1) is 8.70. The van der Waals surface area contributed by atoms with Crippen LogP contribution < -0.4 is 0 Å². The van der Waals surface area contributed by atoms with Gasteiger partial charge in [0.15, 0.2) is 0 Å². The van der Waals surface area contributed by atoms with E-state index in [-0.39, 0.29) is 0 Å². The fourth-order valence-electron chi connectivity index (χ4n) is 0.616. The van der Waals surface area contributed by atoms with Crippen molar-refractivity contribution in [3.63, 3.8) is 0 Å². The lowest BCUT2D eigenvalue weighted by atomic mass is 10.2. The maximum atomic E-state index is 5.33. The molecule has 0 aromatic carbocycles. The molecule has 0 rings (SSSR count). The monoisotopic (exact) mass is 128 g/mol. The second-order valence-corrected chi connectivity index (χ2v) is 2.13. The Balaban J connectivity index is 3.59. The van der Waals surface area contributed by atoms with E-state index in [1.807, 2.05) is 13.8 Å². The Morgan fingerprint density at radius 2 is 2.22 bits per heavy atom. The van der Waals surface area contributed by atoms with Crippen molar-refractivity contribution in [1.82, 2.24) is 0 Å².